The van der Waals surface area contributed by atoms with Crippen molar-refractivity contribution >= 4 is 11.7 Å². The molecule has 1 aromatic rings. The van der Waals surface area contributed by atoms with Crippen LogP contribution in [-0.4, -0.2) is 35.1 Å². The predicted octanol–water partition coefficient (Wildman–Crippen LogP) is 4.34. The number of aryl methyl sites for hydroxylation is 2. The van der Waals surface area contributed by atoms with E-state index in [2.05, 4.69) is 29.4 Å². The highest BCUT2D eigenvalue weighted by atomic mass is 16.4. The van der Waals surface area contributed by atoms with Crippen molar-refractivity contribution in [2.75, 3.05) is 18.4 Å². The van der Waals surface area contributed by atoms with Gasteiger partial charge in [-0.1, -0.05) is 25.3 Å². The zero-order valence-corrected chi connectivity index (χ0v) is 16.3. The zero-order valence-electron chi connectivity index (χ0n) is 16.3. The summed E-state index contributed by atoms with van der Waals surface area (Å²) in [4.78, 5) is 13.7. The number of allylic oxidation sites excluding steroid dienone is 3. The van der Waals surface area contributed by atoms with Crippen LogP contribution in [0.4, 0.5) is 5.69 Å². The van der Waals surface area contributed by atoms with Gasteiger partial charge in [-0.3, -0.25) is 0 Å². The van der Waals surface area contributed by atoms with Gasteiger partial charge in [0.25, 0.3) is 0 Å². The van der Waals surface area contributed by atoms with Gasteiger partial charge in [0.05, 0.1) is 16.8 Å². The number of carboxylic acid groups (broad SMARTS) is 1. The number of aromatic carboxylic acids is 1. The van der Waals surface area contributed by atoms with Gasteiger partial charge in [0.2, 0.25) is 0 Å². The van der Waals surface area contributed by atoms with E-state index < -0.39 is 5.97 Å². The van der Waals surface area contributed by atoms with Gasteiger partial charge in [0, 0.05) is 24.8 Å². The molecule has 0 atom stereocenters. The van der Waals surface area contributed by atoms with Gasteiger partial charge in [-0.05, 0) is 56.4 Å². The fourth-order valence-corrected chi connectivity index (χ4v) is 3.77. The zero-order chi connectivity index (χ0) is 20.1. The summed E-state index contributed by atoms with van der Waals surface area (Å²) < 4.78 is 0. The average Bonchev–Trinajstić information content (AvgIpc) is 2.62. The van der Waals surface area contributed by atoms with Gasteiger partial charge in [-0.2, -0.15) is 5.26 Å². The molecule has 1 saturated heterocycles. The van der Waals surface area contributed by atoms with Gasteiger partial charge in [-0.25, -0.2) is 4.79 Å². The molecule has 0 aliphatic carbocycles. The van der Waals surface area contributed by atoms with E-state index in [-0.39, 0.29) is 6.04 Å². The number of likely N-dealkylation sites (tertiary alicyclic amines) is 1. The topological polar surface area (TPSA) is 76.4 Å². The normalized spacial score (nSPS) is 15.2. The van der Waals surface area contributed by atoms with Crippen LogP contribution in [0.15, 0.2) is 42.6 Å². The lowest BCUT2D eigenvalue weighted by atomic mass is 9.95. The van der Waals surface area contributed by atoms with Crippen LogP contribution < -0.4 is 5.32 Å². The summed E-state index contributed by atoms with van der Waals surface area (Å²) in [5.74, 6) is -0.892. The second kappa shape index (κ2) is 8.59. The minimum atomic E-state index is -0.892. The van der Waals surface area contributed by atoms with E-state index in [1.165, 1.54) is 0 Å². The predicted molar refractivity (Wildman–Crippen MR) is 109 cm³/mol. The summed E-state index contributed by atoms with van der Waals surface area (Å²) in [7, 11) is 0. The Morgan fingerprint density at radius 1 is 1.33 bits per heavy atom. The molecule has 0 spiro atoms. The van der Waals surface area contributed by atoms with Gasteiger partial charge >= 0.3 is 5.97 Å². The SMILES string of the molecule is C=C/C=C(\C(=C)C#N)N1CCC(Nc2c(C)cc(C)c(C(=O)O)c2C)CC1. The Morgan fingerprint density at radius 2 is 1.96 bits per heavy atom. The lowest BCUT2D eigenvalue weighted by molar-refractivity contribution is 0.0695. The number of carboxylic acids is 1. The Kier molecular flexibility index (Phi) is 6.46. The van der Waals surface area contributed by atoms with Crippen molar-refractivity contribution in [3.05, 3.63) is 64.9 Å². The highest BCUT2D eigenvalue weighted by Gasteiger charge is 2.24. The Morgan fingerprint density at radius 3 is 2.48 bits per heavy atom. The van der Waals surface area contributed by atoms with Crippen LogP contribution in [0, 0.1) is 32.1 Å². The van der Waals surface area contributed by atoms with Crippen molar-refractivity contribution in [3.8, 4) is 6.07 Å². The van der Waals surface area contributed by atoms with Crippen LogP contribution in [0.3, 0.4) is 0 Å². The first-order valence-corrected chi connectivity index (χ1v) is 9.07. The molecule has 0 radical (unpaired) electrons. The first kappa shape index (κ1) is 20.3. The fourth-order valence-electron chi connectivity index (χ4n) is 3.77. The molecular weight excluding hydrogens is 338 g/mol. The van der Waals surface area contributed by atoms with Gasteiger partial charge in [0.15, 0.2) is 0 Å². The first-order chi connectivity index (χ1) is 12.8. The van der Waals surface area contributed by atoms with Crippen molar-refractivity contribution in [2.45, 2.75) is 39.7 Å². The van der Waals surface area contributed by atoms with Gasteiger partial charge in [-0.15, -0.1) is 0 Å². The molecule has 1 fully saturated rings. The number of nitriles is 1. The molecule has 5 heteroatoms. The number of rotatable bonds is 6. The average molecular weight is 365 g/mol. The van der Waals surface area contributed by atoms with E-state index in [4.69, 9.17) is 5.26 Å². The number of anilines is 1. The van der Waals surface area contributed by atoms with Gasteiger partial charge in [0.1, 0.15) is 6.07 Å². The van der Waals surface area contributed by atoms with Crippen molar-refractivity contribution in [3.63, 3.8) is 0 Å². The maximum atomic E-state index is 11.6. The number of carbonyl (C=O) groups is 1. The molecule has 0 saturated carbocycles. The van der Waals surface area contributed by atoms with E-state index in [9.17, 15) is 9.90 Å². The quantitative estimate of drug-likeness (QED) is 0.579. The number of benzene rings is 1. The number of hydrogen-bond acceptors (Lipinski definition) is 4. The third-order valence-electron chi connectivity index (χ3n) is 5.09. The highest BCUT2D eigenvalue weighted by Crippen LogP contribution is 2.30. The molecule has 1 aromatic carbocycles. The molecule has 0 aromatic heterocycles. The van der Waals surface area contributed by atoms with Crippen LogP contribution >= 0.6 is 0 Å². The third kappa shape index (κ3) is 4.40. The minimum Gasteiger partial charge on any atom is -0.478 e. The molecule has 27 heavy (non-hydrogen) atoms. The van der Waals surface area contributed by atoms with Crippen LogP contribution in [0.25, 0.3) is 0 Å². The molecule has 0 unspecified atom stereocenters. The van der Waals surface area contributed by atoms with Crippen LogP contribution in [-0.2, 0) is 0 Å². The lowest BCUT2D eigenvalue weighted by Crippen LogP contribution is -2.39. The molecular formula is C22H27N3O2. The molecule has 142 valence electrons. The van der Waals surface area contributed by atoms with E-state index in [0.717, 1.165) is 54.0 Å². The largest absolute Gasteiger partial charge is 0.478 e. The second-order valence-electron chi connectivity index (χ2n) is 6.97. The molecule has 5 nitrogen and oxygen atoms in total. The van der Waals surface area contributed by atoms with Crippen molar-refractivity contribution in [2.24, 2.45) is 0 Å². The van der Waals surface area contributed by atoms with Crippen LogP contribution in [0.5, 0.6) is 0 Å². The minimum absolute atomic E-state index is 0.253. The first-order valence-electron chi connectivity index (χ1n) is 9.07. The van der Waals surface area contributed by atoms with Crippen molar-refractivity contribution in [1.82, 2.24) is 4.90 Å². The van der Waals surface area contributed by atoms with Gasteiger partial charge < -0.3 is 15.3 Å². The Balaban J connectivity index is 2.15. The highest BCUT2D eigenvalue weighted by molar-refractivity contribution is 5.93. The van der Waals surface area contributed by atoms with E-state index in [1.54, 1.807) is 6.08 Å². The summed E-state index contributed by atoms with van der Waals surface area (Å²) in [6.45, 7) is 14.8. The van der Waals surface area contributed by atoms with E-state index in [1.807, 2.05) is 32.9 Å². The van der Waals surface area contributed by atoms with E-state index in [0.29, 0.717) is 11.1 Å². The standard InChI is InChI=1S/C22H27N3O2/c1-6-7-19(16(4)13-23)25-10-8-18(9-11-25)24-21-15(3)12-14(2)20(17(21)5)22(26)27/h6-7,12,18,24H,1,4,8-11H2,2-3,5H3,(H,26,27)/b19-7+. The summed E-state index contributed by atoms with van der Waals surface area (Å²) in [6.07, 6.45) is 5.28. The smallest absolute Gasteiger partial charge is 0.336 e. The Bertz CT molecular complexity index is 838. The van der Waals surface area contributed by atoms with Crippen molar-refractivity contribution in [1.29, 1.82) is 5.26 Å². The number of piperidine rings is 1. The van der Waals surface area contributed by atoms with Crippen LogP contribution in [0.2, 0.25) is 0 Å². The lowest BCUT2D eigenvalue weighted by Gasteiger charge is -2.36. The molecule has 2 rings (SSSR count). The molecule has 1 heterocycles. The summed E-state index contributed by atoms with van der Waals surface area (Å²) in [5, 5.41) is 22.2. The Labute approximate surface area is 161 Å². The number of nitrogens with one attached hydrogen (secondary N) is 1. The summed E-state index contributed by atoms with van der Waals surface area (Å²) in [5.41, 5.74) is 5.18. The number of nitrogens with zero attached hydrogens (tertiary/aromatic N) is 2. The maximum absolute atomic E-state index is 11.6. The summed E-state index contributed by atoms with van der Waals surface area (Å²) in [6, 6.07) is 4.29. The molecule has 0 bridgehead atoms. The second-order valence-corrected chi connectivity index (χ2v) is 6.97. The van der Waals surface area contributed by atoms with Crippen LogP contribution in [0.1, 0.15) is 39.9 Å². The maximum Gasteiger partial charge on any atom is 0.336 e. The molecule has 1 aliphatic rings. The van der Waals surface area contributed by atoms with Crippen molar-refractivity contribution < 1.29 is 9.90 Å². The third-order valence-corrected chi connectivity index (χ3v) is 5.09. The summed E-state index contributed by atoms with van der Waals surface area (Å²) >= 11 is 0. The molecule has 0 amide bonds. The Hall–Kier alpha value is -3.00. The molecule has 2 N–H and O–H groups in total. The number of hydrogen-bond donors (Lipinski definition) is 2. The molecule has 1 aliphatic heterocycles. The van der Waals surface area contributed by atoms with E-state index >= 15 is 0 Å². The fraction of sp³-hybridized carbons (Fsp3) is 0.364. The monoisotopic (exact) mass is 365 g/mol.